The highest BCUT2D eigenvalue weighted by Gasteiger charge is 2.37. The molecular formula is C27H27N5O7. The summed E-state index contributed by atoms with van der Waals surface area (Å²) in [4.78, 5) is 14.4. The number of morpholine rings is 1. The smallest absolute Gasteiger partial charge is 0.415 e. The van der Waals surface area contributed by atoms with Crippen molar-refractivity contribution < 1.29 is 33.2 Å². The number of aromatic amines is 1. The molecule has 3 aromatic rings. The number of hydrogen-bond donors (Lipinski definition) is 2. The van der Waals surface area contributed by atoms with Crippen LogP contribution in [-0.2, 0) is 4.74 Å². The van der Waals surface area contributed by atoms with E-state index in [1.165, 1.54) is 14.2 Å². The Morgan fingerprint density at radius 2 is 1.77 bits per heavy atom. The molecule has 12 heteroatoms. The Morgan fingerprint density at radius 3 is 2.36 bits per heavy atom. The van der Waals surface area contributed by atoms with Crippen molar-refractivity contribution in [2.75, 3.05) is 47.6 Å². The number of rotatable bonds is 6. The summed E-state index contributed by atoms with van der Waals surface area (Å²) in [5.41, 5.74) is 8.97. The van der Waals surface area contributed by atoms with E-state index >= 15 is 0 Å². The van der Waals surface area contributed by atoms with Gasteiger partial charge in [0.15, 0.2) is 11.5 Å². The molecule has 1 aromatic heterocycles. The van der Waals surface area contributed by atoms with Crippen molar-refractivity contribution in [1.82, 2.24) is 15.1 Å². The van der Waals surface area contributed by atoms with E-state index in [1.807, 2.05) is 24.3 Å². The van der Waals surface area contributed by atoms with Crippen molar-refractivity contribution in [2.45, 2.75) is 5.92 Å². The van der Waals surface area contributed by atoms with Crippen molar-refractivity contribution in [3.8, 4) is 46.2 Å². The van der Waals surface area contributed by atoms with Gasteiger partial charge in [-0.3, -0.25) is 5.10 Å². The summed E-state index contributed by atoms with van der Waals surface area (Å²) in [6.45, 7) is 1.69. The lowest BCUT2D eigenvalue weighted by Gasteiger charge is -2.27. The van der Waals surface area contributed by atoms with Gasteiger partial charge < -0.3 is 39.1 Å². The van der Waals surface area contributed by atoms with Gasteiger partial charge in [0, 0.05) is 18.7 Å². The quantitative estimate of drug-likeness (QED) is 0.483. The summed E-state index contributed by atoms with van der Waals surface area (Å²) in [6, 6.07) is 12.9. The number of carbonyl (C=O) groups is 1. The Hall–Kier alpha value is -4.89. The molecule has 1 amide bonds. The second-order valence-corrected chi connectivity index (χ2v) is 8.69. The molecular weight excluding hydrogens is 506 g/mol. The zero-order valence-corrected chi connectivity index (χ0v) is 21.6. The van der Waals surface area contributed by atoms with Crippen molar-refractivity contribution in [3.63, 3.8) is 0 Å². The van der Waals surface area contributed by atoms with Crippen molar-refractivity contribution in [2.24, 2.45) is 5.73 Å². The predicted octanol–water partition coefficient (Wildman–Crippen LogP) is 3.15. The van der Waals surface area contributed by atoms with Gasteiger partial charge in [0.2, 0.25) is 17.5 Å². The monoisotopic (exact) mass is 533 g/mol. The zero-order valence-electron chi connectivity index (χ0n) is 21.6. The van der Waals surface area contributed by atoms with Crippen LogP contribution in [0.4, 0.5) is 4.79 Å². The average molecular weight is 534 g/mol. The van der Waals surface area contributed by atoms with Crippen LogP contribution in [0.2, 0.25) is 0 Å². The van der Waals surface area contributed by atoms with Gasteiger partial charge in [-0.15, -0.1) is 5.10 Å². The van der Waals surface area contributed by atoms with Crippen LogP contribution in [0.3, 0.4) is 0 Å². The lowest BCUT2D eigenvalue weighted by atomic mass is 9.82. The number of hydrogen-bond acceptors (Lipinski definition) is 10. The maximum atomic E-state index is 12.8. The third-order valence-electron chi connectivity index (χ3n) is 6.59. The molecule has 0 aliphatic carbocycles. The summed E-state index contributed by atoms with van der Waals surface area (Å²) in [5, 5.41) is 17.4. The van der Waals surface area contributed by atoms with Gasteiger partial charge in [0.25, 0.3) is 0 Å². The maximum absolute atomic E-state index is 12.8. The van der Waals surface area contributed by atoms with E-state index in [0.717, 1.165) is 5.56 Å². The Balaban J connectivity index is 1.60. The number of nitrogens with one attached hydrogen (secondary N) is 1. The second-order valence-electron chi connectivity index (χ2n) is 8.69. The van der Waals surface area contributed by atoms with E-state index in [9.17, 15) is 10.1 Å². The van der Waals surface area contributed by atoms with Crippen LogP contribution < -0.4 is 29.4 Å². The Morgan fingerprint density at radius 1 is 1.10 bits per heavy atom. The summed E-state index contributed by atoms with van der Waals surface area (Å²) in [5.74, 6) is 0.769. The Labute approximate surface area is 224 Å². The largest absolute Gasteiger partial charge is 0.497 e. The molecule has 0 unspecified atom stereocenters. The van der Waals surface area contributed by atoms with E-state index in [4.69, 9.17) is 34.2 Å². The van der Waals surface area contributed by atoms with Gasteiger partial charge >= 0.3 is 6.09 Å². The lowest BCUT2D eigenvalue weighted by molar-refractivity contribution is 0.0411. The van der Waals surface area contributed by atoms with E-state index < -0.39 is 12.0 Å². The molecule has 2 aromatic carbocycles. The number of methoxy groups -OCH3 is 3. The number of benzene rings is 2. The number of nitriles is 1. The molecule has 0 saturated carbocycles. The lowest BCUT2D eigenvalue weighted by Crippen LogP contribution is -2.42. The van der Waals surface area contributed by atoms with E-state index in [2.05, 4.69) is 16.3 Å². The van der Waals surface area contributed by atoms with E-state index in [1.54, 1.807) is 24.1 Å². The fraction of sp³-hybridized carbons (Fsp3) is 0.296. The number of carbonyl (C=O) groups excluding carboxylic acids is 1. The van der Waals surface area contributed by atoms with E-state index in [0.29, 0.717) is 48.9 Å². The first kappa shape index (κ1) is 25.7. The minimum Gasteiger partial charge on any atom is -0.497 e. The van der Waals surface area contributed by atoms with Crippen LogP contribution in [0.5, 0.6) is 28.9 Å². The number of fused-ring (bicyclic) bond motifs is 1. The SMILES string of the molecule is COc1ccc(-c2[nH]nc3c2[C@H](c2cc(OC)c(OC(=O)N4CCOCC4)c(OC)c2)C(C#N)=C(N)O3)cc1. The molecule has 12 nitrogen and oxygen atoms in total. The fourth-order valence-electron chi connectivity index (χ4n) is 4.62. The third kappa shape index (κ3) is 4.75. The number of ether oxygens (including phenoxy) is 6. The molecule has 5 rings (SSSR count). The van der Waals surface area contributed by atoms with Crippen LogP contribution in [0.15, 0.2) is 47.9 Å². The molecule has 1 saturated heterocycles. The van der Waals surface area contributed by atoms with Crippen molar-refractivity contribution in [1.29, 1.82) is 5.26 Å². The van der Waals surface area contributed by atoms with Gasteiger partial charge in [0.1, 0.15) is 17.4 Å². The molecule has 2 aliphatic rings. The third-order valence-corrected chi connectivity index (χ3v) is 6.59. The highest BCUT2D eigenvalue weighted by Crippen LogP contribution is 2.49. The molecule has 3 N–H and O–H groups in total. The van der Waals surface area contributed by atoms with Gasteiger partial charge in [-0.2, -0.15) is 5.26 Å². The van der Waals surface area contributed by atoms with Gasteiger partial charge in [-0.1, -0.05) is 0 Å². The number of allylic oxidation sites excluding steroid dienone is 1. The molecule has 1 atom stereocenters. The minimum atomic E-state index is -0.693. The highest BCUT2D eigenvalue weighted by molar-refractivity contribution is 5.75. The van der Waals surface area contributed by atoms with E-state index in [-0.39, 0.29) is 34.6 Å². The minimum absolute atomic E-state index is 0.0662. The number of nitrogens with zero attached hydrogens (tertiary/aromatic N) is 3. The summed E-state index contributed by atoms with van der Waals surface area (Å²) < 4.78 is 33.2. The molecule has 0 spiro atoms. The first-order valence-corrected chi connectivity index (χ1v) is 12.1. The summed E-state index contributed by atoms with van der Waals surface area (Å²) >= 11 is 0. The molecule has 0 bridgehead atoms. The Bertz CT molecular complexity index is 1430. The topological polar surface area (TPSA) is 154 Å². The van der Waals surface area contributed by atoms with Crippen LogP contribution in [0.1, 0.15) is 17.0 Å². The van der Waals surface area contributed by atoms with Crippen LogP contribution in [0.25, 0.3) is 11.3 Å². The molecule has 0 radical (unpaired) electrons. The fourth-order valence-corrected chi connectivity index (χ4v) is 4.62. The number of amides is 1. The molecule has 2 aliphatic heterocycles. The van der Waals surface area contributed by atoms with Crippen LogP contribution >= 0.6 is 0 Å². The van der Waals surface area contributed by atoms with Gasteiger partial charge in [-0.25, -0.2) is 4.79 Å². The average Bonchev–Trinajstić information content (AvgIpc) is 3.40. The summed E-state index contributed by atoms with van der Waals surface area (Å²) in [6.07, 6.45) is -0.547. The predicted molar refractivity (Wildman–Crippen MR) is 138 cm³/mol. The molecule has 3 heterocycles. The number of aromatic nitrogens is 2. The van der Waals surface area contributed by atoms with Gasteiger partial charge in [0.05, 0.1) is 51.7 Å². The van der Waals surface area contributed by atoms with Crippen molar-refractivity contribution in [3.05, 3.63) is 59.0 Å². The molecule has 1 fully saturated rings. The number of H-pyrrole nitrogens is 1. The highest BCUT2D eigenvalue weighted by atomic mass is 16.6. The van der Waals surface area contributed by atoms with Crippen LogP contribution in [0, 0.1) is 11.3 Å². The Kier molecular flexibility index (Phi) is 7.16. The number of nitrogens with two attached hydrogens (primary N) is 1. The van der Waals surface area contributed by atoms with Gasteiger partial charge in [-0.05, 0) is 42.0 Å². The second kappa shape index (κ2) is 10.8. The maximum Gasteiger partial charge on any atom is 0.415 e. The molecule has 39 heavy (non-hydrogen) atoms. The normalized spacial score (nSPS) is 16.6. The van der Waals surface area contributed by atoms with Crippen molar-refractivity contribution >= 4 is 6.09 Å². The molecule has 202 valence electrons. The zero-order chi connectivity index (χ0) is 27.5. The first-order valence-electron chi connectivity index (χ1n) is 12.1. The van der Waals surface area contributed by atoms with Crippen LogP contribution in [-0.4, -0.2) is 68.8 Å². The summed E-state index contributed by atoms with van der Waals surface area (Å²) in [7, 11) is 4.50. The standard InChI is InChI=1S/C27H27N5O7/c1-34-17-6-4-15(5-7-17)23-22-21(18(14-28)25(29)39-26(22)31-30-23)16-12-19(35-2)24(20(13-16)36-3)38-27(33)32-8-10-37-11-9-32/h4-7,12-13,21H,8-11,29H2,1-3H3,(H,30,31)/t21-/m1/s1. The first-order chi connectivity index (χ1) is 19.0.